The van der Waals surface area contributed by atoms with Gasteiger partial charge in [0.15, 0.2) is 0 Å². The third-order valence-corrected chi connectivity index (χ3v) is 6.96. The molecule has 0 N–H and O–H groups in total. The van der Waals surface area contributed by atoms with E-state index < -0.39 is 0 Å². The summed E-state index contributed by atoms with van der Waals surface area (Å²) < 4.78 is 0. The van der Waals surface area contributed by atoms with Gasteiger partial charge in [0.05, 0.1) is 0 Å². The fourth-order valence-electron chi connectivity index (χ4n) is 6.25. The van der Waals surface area contributed by atoms with Crippen LogP contribution in [-0.2, 0) is 0 Å². The van der Waals surface area contributed by atoms with Crippen LogP contribution in [0.5, 0.6) is 0 Å². The second-order valence-corrected chi connectivity index (χ2v) is 7.80. The lowest BCUT2D eigenvalue weighted by atomic mass is 9.49. The molecule has 118 valence electrons. The zero-order valence-corrected chi connectivity index (χ0v) is 14.7. The van der Waals surface area contributed by atoms with Crippen LogP contribution in [0.1, 0.15) is 86.0 Å². The van der Waals surface area contributed by atoms with Crippen molar-refractivity contribution in [2.75, 3.05) is 0 Å². The van der Waals surface area contributed by atoms with Crippen LogP contribution in [0.2, 0.25) is 0 Å². The lowest BCUT2D eigenvalue weighted by Crippen LogP contribution is -2.48. The SMILES string of the molecule is CC.CCC1CCC(C)C2C3CCCCC3CC(C)C12. The van der Waals surface area contributed by atoms with Crippen molar-refractivity contribution in [3.05, 3.63) is 0 Å². The minimum atomic E-state index is 1.02. The van der Waals surface area contributed by atoms with E-state index in [-0.39, 0.29) is 0 Å². The molecule has 0 spiro atoms. The molecule has 3 saturated carbocycles. The minimum Gasteiger partial charge on any atom is -0.0683 e. The van der Waals surface area contributed by atoms with Crippen molar-refractivity contribution in [3.63, 3.8) is 0 Å². The highest BCUT2D eigenvalue weighted by molar-refractivity contribution is 4.98. The fraction of sp³-hybridized carbons (Fsp3) is 1.00. The van der Waals surface area contributed by atoms with E-state index in [2.05, 4.69) is 20.8 Å². The molecule has 0 amide bonds. The first kappa shape index (κ1) is 16.4. The van der Waals surface area contributed by atoms with Crippen molar-refractivity contribution >= 4 is 0 Å². The summed E-state index contributed by atoms with van der Waals surface area (Å²) in [4.78, 5) is 0. The fourth-order valence-corrected chi connectivity index (χ4v) is 6.25. The zero-order chi connectivity index (χ0) is 14.7. The molecule has 3 rings (SSSR count). The van der Waals surface area contributed by atoms with Crippen LogP contribution >= 0.6 is 0 Å². The first-order chi connectivity index (χ1) is 9.72. The highest BCUT2D eigenvalue weighted by Crippen LogP contribution is 2.57. The second-order valence-electron chi connectivity index (χ2n) is 7.80. The van der Waals surface area contributed by atoms with Gasteiger partial charge in [0.1, 0.15) is 0 Å². The average Bonchev–Trinajstić information content (AvgIpc) is 2.50. The van der Waals surface area contributed by atoms with Gasteiger partial charge in [-0.1, -0.05) is 66.7 Å². The van der Waals surface area contributed by atoms with Crippen LogP contribution in [0.25, 0.3) is 0 Å². The van der Waals surface area contributed by atoms with Gasteiger partial charge in [0.2, 0.25) is 0 Å². The predicted octanol–water partition coefficient (Wildman–Crippen LogP) is 6.55. The molecule has 0 heterocycles. The van der Waals surface area contributed by atoms with Gasteiger partial charge in [-0.05, 0) is 60.7 Å². The van der Waals surface area contributed by atoms with E-state index in [1.807, 2.05) is 13.8 Å². The van der Waals surface area contributed by atoms with Crippen LogP contribution in [-0.4, -0.2) is 0 Å². The van der Waals surface area contributed by atoms with Gasteiger partial charge in [-0.3, -0.25) is 0 Å². The Labute approximate surface area is 128 Å². The Balaban J connectivity index is 0.000000704. The Morgan fingerprint density at radius 1 is 0.800 bits per heavy atom. The van der Waals surface area contributed by atoms with Crippen LogP contribution in [0.3, 0.4) is 0 Å². The molecule has 0 aliphatic heterocycles. The topological polar surface area (TPSA) is 0 Å². The standard InChI is InChI=1S/C18H32.C2H6/c1-4-14-10-9-12(2)18-16-8-6-5-7-15(16)11-13(3)17(14)18;1-2/h12-18H,4-11H2,1-3H3;1-2H3. The zero-order valence-electron chi connectivity index (χ0n) is 14.7. The summed E-state index contributed by atoms with van der Waals surface area (Å²) in [6.45, 7) is 11.6. The number of fused-ring (bicyclic) bond motifs is 3. The van der Waals surface area contributed by atoms with Crippen LogP contribution in [0.4, 0.5) is 0 Å². The van der Waals surface area contributed by atoms with E-state index in [4.69, 9.17) is 0 Å². The average molecular weight is 279 g/mol. The van der Waals surface area contributed by atoms with Crippen molar-refractivity contribution in [2.24, 2.45) is 41.4 Å². The first-order valence-corrected chi connectivity index (χ1v) is 9.72. The summed E-state index contributed by atoms with van der Waals surface area (Å²) in [5.74, 6) is 7.49. The maximum atomic E-state index is 2.59. The summed E-state index contributed by atoms with van der Waals surface area (Å²) in [5.41, 5.74) is 0. The highest BCUT2D eigenvalue weighted by Gasteiger charge is 2.49. The van der Waals surface area contributed by atoms with Crippen molar-refractivity contribution in [1.82, 2.24) is 0 Å². The van der Waals surface area contributed by atoms with E-state index in [0.717, 1.165) is 41.4 Å². The van der Waals surface area contributed by atoms with E-state index in [9.17, 15) is 0 Å². The molecule has 3 aliphatic carbocycles. The number of rotatable bonds is 1. The van der Waals surface area contributed by atoms with Crippen molar-refractivity contribution in [3.8, 4) is 0 Å². The Morgan fingerprint density at radius 2 is 1.50 bits per heavy atom. The molecule has 0 aromatic carbocycles. The molecule has 0 saturated heterocycles. The quantitative estimate of drug-likeness (QED) is 0.510. The molecule has 20 heavy (non-hydrogen) atoms. The molecule has 3 aliphatic rings. The van der Waals surface area contributed by atoms with Crippen LogP contribution < -0.4 is 0 Å². The third-order valence-electron chi connectivity index (χ3n) is 6.96. The number of hydrogen-bond acceptors (Lipinski definition) is 0. The molecule has 7 atom stereocenters. The molecule has 0 heteroatoms. The summed E-state index contributed by atoms with van der Waals surface area (Å²) >= 11 is 0. The minimum absolute atomic E-state index is 1.02. The highest BCUT2D eigenvalue weighted by atomic mass is 14.5. The molecule has 0 aromatic rings. The monoisotopic (exact) mass is 278 g/mol. The smallest absolute Gasteiger partial charge is 0.0324 e. The van der Waals surface area contributed by atoms with Gasteiger partial charge in [-0.15, -0.1) is 0 Å². The Kier molecular flexibility index (Phi) is 5.99. The van der Waals surface area contributed by atoms with E-state index in [0.29, 0.717) is 0 Å². The first-order valence-electron chi connectivity index (χ1n) is 9.72. The van der Waals surface area contributed by atoms with Gasteiger partial charge < -0.3 is 0 Å². The van der Waals surface area contributed by atoms with E-state index in [1.165, 1.54) is 32.1 Å². The molecule has 0 bridgehead atoms. The normalized spacial score (nSPS) is 47.5. The van der Waals surface area contributed by atoms with Crippen molar-refractivity contribution in [1.29, 1.82) is 0 Å². The Bertz CT molecular complexity index is 282. The number of hydrogen-bond donors (Lipinski definition) is 0. The van der Waals surface area contributed by atoms with Gasteiger partial charge in [-0.2, -0.15) is 0 Å². The molecule has 3 fully saturated rings. The van der Waals surface area contributed by atoms with E-state index >= 15 is 0 Å². The molecule has 0 radical (unpaired) electrons. The molecule has 7 unspecified atom stereocenters. The van der Waals surface area contributed by atoms with Gasteiger partial charge in [-0.25, -0.2) is 0 Å². The Hall–Kier alpha value is 0. The van der Waals surface area contributed by atoms with Crippen molar-refractivity contribution in [2.45, 2.75) is 86.0 Å². The molecule has 0 nitrogen and oxygen atoms in total. The Morgan fingerprint density at radius 3 is 2.20 bits per heavy atom. The lowest BCUT2D eigenvalue weighted by Gasteiger charge is -2.56. The predicted molar refractivity (Wildman–Crippen MR) is 89.7 cm³/mol. The van der Waals surface area contributed by atoms with Gasteiger partial charge in [0.25, 0.3) is 0 Å². The van der Waals surface area contributed by atoms with Gasteiger partial charge >= 0.3 is 0 Å². The summed E-state index contributed by atoms with van der Waals surface area (Å²) in [5, 5.41) is 0. The summed E-state index contributed by atoms with van der Waals surface area (Å²) in [7, 11) is 0. The summed E-state index contributed by atoms with van der Waals surface area (Å²) in [6.07, 6.45) is 12.2. The third kappa shape index (κ3) is 2.95. The van der Waals surface area contributed by atoms with Crippen molar-refractivity contribution < 1.29 is 0 Å². The van der Waals surface area contributed by atoms with Gasteiger partial charge in [0, 0.05) is 0 Å². The van der Waals surface area contributed by atoms with Crippen LogP contribution in [0.15, 0.2) is 0 Å². The maximum Gasteiger partial charge on any atom is -0.0324 e. The van der Waals surface area contributed by atoms with E-state index in [1.54, 1.807) is 19.3 Å². The summed E-state index contributed by atoms with van der Waals surface area (Å²) in [6, 6.07) is 0. The molecule has 0 aromatic heterocycles. The largest absolute Gasteiger partial charge is 0.0683 e. The lowest BCUT2D eigenvalue weighted by molar-refractivity contribution is -0.0670. The second kappa shape index (κ2) is 7.32. The maximum absolute atomic E-state index is 2.59. The molecular weight excluding hydrogens is 240 g/mol. The van der Waals surface area contributed by atoms with Crippen LogP contribution in [0, 0.1) is 41.4 Å². The molecular formula is C20H38.